The molecule has 1 aromatic rings. The molecular formula is C16H22N2O4. The lowest BCUT2D eigenvalue weighted by Gasteiger charge is -2.26. The molecule has 0 aromatic heterocycles. The van der Waals surface area contributed by atoms with Gasteiger partial charge in [0.15, 0.2) is 6.04 Å². The van der Waals surface area contributed by atoms with Crippen molar-refractivity contribution in [3.8, 4) is 0 Å². The van der Waals surface area contributed by atoms with Gasteiger partial charge in [0.1, 0.15) is 0 Å². The number of benzene rings is 1. The summed E-state index contributed by atoms with van der Waals surface area (Å²) in [6, 6.07) is 6.18. The molecule has 2 N–H and O–H groups in total. The van der Waals surface area contributed by atoms with Crippen molar-refractivity contribution in [2.75, 3.05) is 32.8 Å². The zero-order valence-corrected chi connectivity index (χ0v) is 12.7. The summed E-state index contributed by atoms with van der Waals surface area (Å²) < 4.78 is 5.25. The van der Waals surface area contributed by atoms with Crippen LogP contribution in [0.15, 0.2) is 24.3 Å². The van der Waals surface area contributed by atoms with Gasteiger partial charge in [-0.15, -0.1) is 0 Å². The highest BCUT2D eigenvalue weighted by molar-refractivity contribution is 5.84. The van der Waals surface area contributed by atoms with Gasteiger partial charge in [-0.25, -0.2) is 4.79 Å². The first-order chi connectivity index (χ1) is 10.6. The standard InChI is InChI=1S/C16H22N2O4/c1-12-3-2-4-13(11-12)15(16(20)21)17-14(19)5-6-18-7-9-22-10-8-18/h2-4,11,15H,5-10H2,1H3,(H,17,19)(H,20,21). The van der Waals surface area contributed by atoms with E-state index < -0.39 is 12.0 Å². The van der Waals surface area contributed by atoms with Crippen LogP contribution in [0.3, 0.4) is 0 Å². The highest BCUT2D eigenvalue weighted by atomic mass is 16.5. The van der Waals surface area contributed by atoms with Crippen LogP contribution in [0.1, 0.15) is 23.6 Å². The van der Waals surface area contributed by atoms with Gasteiger partial charge < -0.3 is 15.2 Å². The molecule has 1 fully saturated rings. The molecule has 6 nitrogen and oxygen atoms in total. The molecule has 1 aliphatic heterocycles. The van der Waals surface area contributed by atoms with Gasteiger partial charge in [-0.05, 0) is 12.5 Å². The third kappa shape index (κ3) is 4.82. The molecule has 120 valence electrons. The third-order valence-electron chi connectivity index (χ3n) is 3.69. The number of nitrogens with zero attached hydrogens (tertiary/aromatic N) is 1. The van der Waals surface area contributed by atoms with Crippen molar-refractivity contribution < 1.29 is 19.4 Å². The average molecular weight is 306 g/mol. The van der Waals surface area contributed by atoms with E-state index in [1.54, 1.807) is 18.2 Å². The molecule has 6 heteroatoms. The number of rotatable bonds is 6. The maximum Gasteiger partial charge on any atom is 0.330 e. The smallest absolute Gasteiger partial charge is 0.330 e. The third-order valence-corrected chi connectivity index (χ3v) is 3.69. The van der Waals surface area contributed by atoms with Gasteiger partial charge in [0, 0.05) is 26.1 Å². The van der Waals surface area contributed by atoms with E-state index in [0.29, 0.717) is 25.3 Å². The second-order valence-electron chi connectivity index (χ2n) is 5.46. The highest BCUT2D eigenvalue weighted by Gasteiger charge is 2.22. The van der Waals surface area contributed by atoms with Crippen LogP contribution in [0, 0.1) is 6.92 Å². The summed E-state index contributed by atoms with van der Waals surface area (Å²) in [6.45, 7) is 5.50. The van der Waals surface area contributed by atoms with Gasteiger partial charge in [-0.2, -0.15) is 0 Å². The number of morpholine rings is 1. The minimum absolute atomic E-state index is 0.250. The summed E-state index contributed by atoms with van der Waals surface area (Å²) in [6.07, 6.45) is 0.287. The molecule has 0 radical (unpaired) electrons. The van der Waals surface area contributed by atoms with Crippen LogP contribution in [0.5, 0.6) is 0 Å². The summed E-state index contributed by atoms with van der Waals surface area (Å²) in [5.74, 6) is -1.30. The molecule has 0 spiro atoms. The first-order valence-electron chi connectivity index (χ1n) is 7.45. The minimum Gasteiger partial charge on any atom is -0.479 e. The van der Waals surface area contributed by atoms with E-state index in [2.05, 4.69) is 10.2 Å². The molecule has 0 saturated carbocycles. The number of aliphatic carboxylic acids is 1. The van der Waals surface area contributed by atoms with Crippen LogP contribution in [0.25, 0.3) is 0 Å². The van der Waals surface area contributed by atoms with Crippen LogP contribution in [-0.2, 0) is 14.3 Å². The van der Waals surface area contributed by atoms with Gasteiger partial charge in [0.2, 0.25) is 5.91 Å². The molecular weight excluding hydrogens is 284 g/mol. The summed E-state index contributed by atoms with van der Waals surface area (Å²) in [7, 11) is 0. The van der Waals surface area contributed by atoms with Crippen LogP contribution >= 0.6 is 0 Å². The van der Waals surface area contributed by atoms with Crippen molar-refractivity contribution in [1.29, 1.82) is 0 Å². The number of hydrogen-bond donors (Lipinski definition) is 2. The van der Waals surface area contributed by atoms with Crippen molar-refractivity contribution >= 4 is 11.9 Å². The Labute approximate surface area is 130 Å². The molecule has 1 heterocycles. The monoisotopic (exact) mass is 306 g/mol. The topological polar surface area (TPSA) is 78.9 Å². The highest BCUT2D eigenvalue weighted by Crippen LogP contribution is 2.15. The average Bonchev–Trinajstić information content (AvgIpc) is 2.51. The Bertz CT molecular complexity index is 527. The summed E-state index contributed by atoms with van der Waals surface area (Å²) >= 11 is 0. The van der Waals surface area contributed by atoms with E-state index >= 15 is 0 Å². The maximum absolute atomic E-state index is 12.0. The number of aryl methyl sites for hydroxylation is 1. The van der Waals surface area contributed by atoms with E-state index in [0.717, 1.165) is 18.7 Å². The van der Waals surface area contributed by atoms with Crippen molar-refractivity contribution in [2.45, 2.75) is 19.4 Å². The van der Waals surface area contributed by atoms with Gasteiger partial charge in [-0.1, -0.05) is 29.8 Å². The van der Waals surface area contributed by atoms with E-state index in [1.807, 2.05) is 13.0 Å². The lowest BCUT2D eigenvalue weighted by atomic mass is 10.0. The van der Waals surface area contributed by atoms with Crippen molar-refractivity contribution in [1.82, 2.24) is 10.2 Å². The number of ether oxygens (including phenoxy) is 1. The van der Waals surface area contributed by atoms with Gasteiger partial charge in [-0.3, -0.25) is 9.69 Å². The predicted molar refractivity (Wildman–Crippen MR) is 81.6 cm³/mol. The lowest BCUT2D eigenvalue weighted by Crippen LogP contribution is -2.40. The van der Waals surface area contributed by atoms with Gasteiger partial charge >= 0.3 is 5.97 Å². The molecule has 2 rings (SSSR count). The largest absolute Gasteiger partial charge is 0.479 e. The van der Waals surface area contributed by atoms with Crippen LogP contribution in [0.2, 0.25) is 0 Å². The molecule has 1 aromatic carbocycles. The number of carboxylic acid groups (broad SMARTS) is 1. The first-order valence-corrected chi connectivity index (χ1v) is 7.45. The summed E-state index contributed by atoms with van der Waals surface area (Å²) in [5.41, 5.74) is 1.55. The second-order valence-corrected chi connectivity index (χ2v) is 5.46. The maximum atomic E-state index is 12.0. The van der Waals surface area contributed by atoms with E-state index in [4.69, 9.17) is 4.74 Å². The quantitative estimate of drug-likeness (QED) is 0.818. The number of carboxylic acids is 1. The van der Waals surface area contributed by atoms with E-state index in [1.165, 1.54) is 0 Å². The number of hydrogen-bond acceptors (Lipinski definition) is 4. The Morgan fingerprint density at radius 2 is 2.09 bits per heavy atom. The molecule has 1 unspecified atom stereocenters. The molecule has 1 saturated heterocycles. The Morgan fingerprint density at radius 1 is 1.36 bits per heavy atom. The van der Waals surface area contributed by atoms with Crippen molar-refractivity contribution in [2.24, 2.45) is 0 Å². The zero-order valence-electron chi connectivity index (χ0n) is 12.7. The Balaban J connectivity index is 1.90. The fourth-order valence-electron chi connectivity index (χ4n) is 2.45. The zero-order chi connectivity index (χ0) is 15.9. The van der Waals surface area contributed by atoms with Crippen molar-refractivity contribution in [3.05, 3.63) is 35.4 Å². The Kier molecular flexibility index (Phi) is 5.91. The molecule has 1 aliphatic rings. The molecule has 22 heavy (non-hydrogen) atoms. The van der Waals surface area contributed by atoms with Crippen molar-refractivity contribution in [3.63, 3.8) is 0 Å². The number of carbonyl (C=O) groups is 2. The van der Waals surface area contributed by atoms with Gasteiger partial charge in [0.05, 0.1) is 13.2 Å². The SMILES string of the molecule is Cc1cccc(C(NC(=O)CCN2CCOCC2)C(=O)O)c1. The Morgan fingerprint density at radius 3 is 2.73 bits per heavy atom. The molecule has 1 amide bonds. The number of nitrogens with one attached hydrogen (secondary N) is 1. The lowest BCUT2D eigenvalue weighted by molar-refractivity contribution is -0.142. The second kappa shape index (κ2) is 7.91. The predicted octanol–water partition coefficient (Wildman–Crippen LogP) is 0.959. The summed E-state index contributed by atoms with van der Waals surface area (Å²) in [5, 5.41) is 11.9. The minimum atomic E-state index is -1.05. The van der Waals surface area contributed by atoms with Crippen LogP contribution < -0.4 is 5.32 Å². The molecule has 0 bridgehead atoms. The number of carbonyl (C=O) groups excluding carboxylic acids is 1. The van der Waals surface area contributed by atoms with Gasteiger partial charge in [0.25, 0.3) is 0 Å². The van der Waals surface area contributed by atoms with E-state index in [-0.39, 0.29) is 12.3 Å². The molecule has 1 atom stereocenters. The fraction of sp³-hybridized carbons (Fsp3) is 0.500. The molecule has 0 aliphatic carbocycles. The number of amides is 1. The first kappa shape index (κ1) is 16.5. The fourth-order valence-corrected chi connectivity index (χ4v) is 2.45. The normalized spacial score (nSPS) is 17.0. The Hall–Kier alpha value is -1.92. The van der Waals surface area contributed by atoms with E-state index in [9.17, 15) is 14.7 Å². The van der Waals surface area contributed by atoms with Crippen LogP contribution in [-0.4, -0.2) is 54.7 Å². The van der Waals surface area contributed by atoms with Crippen LogP contribution in [0.4, 0.5) is 0 Å². The summed E-state index contributed by atoms with van der Waals surface area (Å²) in [4.78, 5) is 25.6.